The third-order valence-corrected chi connectivity index (χ3v) is 3.02. The summed E-state index contributed by atoms with van der Waals surface area (Å²) in [5.41, 5.74) is 0.902. The SMILES string of the molecule is CC(C)c1ccc(C(C)(O)CCC(=O)O)cc1. The summed E-state index contributed by atoms with van der Waals surface area (Å²) in [7, 11) is 0. The Labute approximate surface area is 102 Å². The van der Waals surface area contributed by atoms with Crippen LogP contribution in [0.15, 0.2) is 24.3 Å². The Balaban J connectivity index is 2.80. The predicted molar refractivity (Wildman–Crippen MR) is 67.0 cm³/mol. The molecule has 0 aliphatic rings. The summed E-state index contributed by atoms with van der Waals surface area (Å²) in [6, 6.07) is 7.71. The second-order valence-electron chi connectivity index (χ2n) is 4.94. The molecule has 3 nitrogen and oxygen atoms in total. The van der Waals surface area contributed by atoms with Crippen molar-refractivity contribution in [2.75, 3.05) is 0 Å². The lowest BCUT2D eigenvalue weighted by Gasteiger charge is -2.23. The third-order valence-electron chi connectivity index (χ3n) is 3.02. The molecule has 0 radical (unpaired) electrons. The fraction of sp³-hybridized carbons (Fsp3) is 0.500. The van der Waals surface area contributed by atoms with Crippen LogP contribution in [0.25, 0.3) is 0 Å². The van der Waals surface area contributed by atoms with Crippen LogP contribution >= 0.6 is 0 Å². The number of benzene rings is 1. The highest BCUT2D eigenvalue weighted by Crippen LogP contribution is 2.27. The molecule has 0 bridgehead atoms. The number of hydrogen-bond acceptors (Lipinski definition) is 2. The molecule has 1 rings (SSSR count). The van der Waals surface area contributed by atoms with Crippen molar-refractivity contribution in [3.8, 4) is 0 Å². The molecular formula is C14H20O3. The van der Waals surface area contributed by atoms with Gasteiger partial charge in [0.15, 0.2) is 0 Å². The Morgan fingerprint density at radius 2 is 1.82 bits per heavy atom. The molecule has 1 aromatic carbocycles. The van der Waals surface area contributed by atoms with Crippen molar-refractivity contribution in [3.63, 3.8) is 0 Å². The summed E-state index contributed by atoms with van der Waals surface area (Å²) in [6.45, 7) is 5.87. The number of aliphatic carboxylic acids is 1. The summed E-state index contributed by atoms with van der Waals surface area (Å²) >= 11 is 0. The highest BCUT2D eigenvalue weighted by Gasteiger charge is 2.23. The first-order valence-corrected chi connectivity index (χ1v) is 5.87. The van der Waals surface area contributed by atoms with Crippen LogP contribution in [-0.4, -0.2) is 16.2 Å². The van der Waals surface area contributed by atoms with E-state index in [1.165, 1.54) is 5.56 Å². The monoisotopic (exact) mass is 236 g/mol. The predicted octanol–water partition coefficient (Wildman–Crippen LogP) is 2.88. The largest absolute Gasteiger partial charge is 0.481 e. The highest BCUT2D eigenvalue weighted by molar-refractivity contribution is 5.66. The zero-order chi connectivity index (χ0) is 13.1. The molecular weight excluding hydrogens is 216 g/mol. The lowest BCUT2D eigenvalue weighted by atomic mass is 9.89. The lowest BCUT2D eigenvalue weighted by Crippen LogP contribution is -2.22. The first-order valence-electron chi connectivity index (χ1n) is 5.87. The molecule has 1 unspecified atom stereocenters. The standard InChI is InChI=1S/C14H20O3/c1-10(2)11-4-6-12(7-5-11)14(3,17)9-8-13(15)16/h4-7,10,17H,8-9H2,1-3H3,(H,15,16). The zero-order valence-corrected chi connectivity index (χ0v) is 10.6. The van der Waals surface area contributed by atoms with Gasteiger partial charge in [-0.25, -0.2) is 0 Å². The fourth-order valence-electron chi connectivity index (χ4n) is 1.72. The summed E-state index contributed by atoms with van der Waals surface area (Å²) in [4.78, 5) is 10.5. The first kappa shape index (κ1) is 13.7. The third kappa shape index (κ3) is 3.86. The maximum Gasteiger partial charge on any atom is 0.303 e. The van der Waals surface area contributed by atoms with E-state index in [-0.39, 0.29) is 12.8 Å². The number of rotatable bonds is 5. The smallest absolute Gasteiger partial charge is 0.303 e. The van der Waals surface area contributed by atoms with E-state index in [4.69, 9.17) is 5.11 Å². The van der Waals surface area contributed by atoms with Gasteiger partial charge in [-0.15, -0.1) is 0 Å². The van der Waals surface area contributed by atoms with Crippen molar-refractivity contribution >= 4 is 5.97 Å². The van der Waals surface area contributed by atoms with Crippen LogP contribution in [0.3, 0.4) is 0 Å². The number of aliphatic hydroxyl groups is 1. The van der Waals surface area contributed by atoms with E-state index in [0.717, 1.165) is 5.56 Å². The van der Waals surface area contributed by atoms with E-state index in [9.17, 15) is 9.90 Å². The molecule has 2 N–H and O–H groups in total. The van der Waals surface area contributed by atoms with Gasteiger partial charge in [-0.1, -0.05) is 38.1 Å². The molecule has 0 heterocycles. The molecule has 0 aliphatic carbocycles. The van der Waals surface area contributed by atoms with E-state index in [2.05, 4.69) is 13.8 Å². The molecule has 17 heavy (non-hydrogen) atoms. The van der Waals surface area contributed by atoms with Crippen LogP contribution in [0.4, 0.5) is 0 Å². The van der Waals surface area contributed by atoms with E-state index in [0.29, 0.717) is 5.92 Å². The van der Waals surface area contributed by atoms with Gasteiger partial charge in [0.25, 0.3) is 0 Å². The first-order chi connectivity index (χ1) is 7.83. The summed E-state index contributed by atoms with van der Waals surface area (Å²) in [6.07, 6.45) is 0.197. The van der Waals surface area contributed by atoms with E-state index in [1.807, 2.05) is 24.3 Å². The van der Waals surface area contributed by atoms with Gasteiger partial charge in [-0.2, -0.15) is 0 Å². The summed E-state index contributed by atoms with van der Waals surface area (Å²) in [5, 5.41) is 18.8. The molecule has 0 spiro atoms. The zero-order valence-electron chi connectivity index (χ0n) is 10.6. The molecule has 0 amide bonds. The van der Waals surface area contributed by atoms with Crippen LogP contribution < -0.4 is 0 Å². The minimum absolute atomic E-state index is 0.0288. The molecule has 0 aliphatic heterocycles. The molecule has 0 aromatic heterocycles. The quantitative estimate of drug-likeness (QED) is 0.826. The maximum atomic E-state index is 10.5. The molecule has 0 saturated carbocycles. The molecule has 3 heteroatoms. The molecule has 94 valence electrons. The van der Waals surface area contributed by atoms with Crippen LogP contribution in [0.5, 0.6) is 0 Å². The van der Waals surface area contributed by atoms with Crippen LogP contribution in [0.2, 0.25) is 0 Å². The molecule has 1 aromatic rings. The number of carbonyl (C=O) groups is 1. The molecule has 0 fully saturated rings. The van der Waals surface area contributed by atoms with Gasteiger partial charge in [-0.05, 0) is 30.4 Å². The number of carboxylic acids is 1. The van der Waals surface area contributed by atoms with Crippen molar-refractivity contribution < 1.29 is 15.0 Å². The number of carboxylic acid groups (broad SMARTS) is 1. The number of hydrogen-bond donors (Lipinski definition) is 2. The van der Waals surface area contributed by atoms with Crippen LogP contribution in [0, 0.1) is 0 Å². The van der Waals surface area contributed by atoms with Crippen LogP contribution in [0.1, 0.15) is 50.7 Å². The Morgan fingerprint density at radius 3 is 2.24 bits per heavy atom. The van der Waals surface area contributed by atoms with Gasteiger partial charge >= 0.3 is 5.97 Å². The van der Waals surface area contributed by atoms with Gasteiger partial charge in [-0.3, -0.25) is 4.79 Å². The van der Waals surface area contributed by atoms with Gasteiger partial charge in [0.05, 0.1) is 5.60 Å². The van der Waals surface area contributed by atoms with Gasteiger partial charge < -0.3 is 10.2 Å². The second kappa shape index (κ2) is 5.32. The maximum absolute atomic E-state index is 10.5. The van der Waals surface area contributed by atoms with Gasteiger partial charge in [0.1, 0.15) is 0 Å². The fourth-order valence-corrected chi connectivity index (χ4v) is 1.72. The Morgan fingerprint density at radius 1 is 1.29 bits per heavy atom. The topological polar surface area (TPSA) is 57.5 Å². The average Bonchev–Trinajstić information content (AvgIpc) is 2.27. The lowest BCUT2D eigenvalue weighted by molar-refractivity contribution is -0.138. The normalized spacial score (nSPS) is 14.6. The molecule has 0 saturated heterocycles. The van der Waals surface area contributed by atoms with E-state index >= 15 is 0 Å². The van der Waals surface area contributed by atoms with Gasteiger partial charge in [0.2, 0.25) is 0 Å². The average molecular weight is 236 g/mol. The van der Waals surface area contributed by atoms with Crippen molar-refractivity contribution in [2.45, 2.75) is 45.1 Å². The Kier molecular flexibility index (Phi) is 4.29. The minimum Gasteiger partial charge on any atom is -0.481 e. The summed E-state index contributed by atoms with van der Waals surface area (Å²) in [5.74, 6) is -0.433. The van der Waals surface area contributed by atoms with E-state index < -0.39 is 11.6 Å². The Hall–Kier alpha value is -1.35. The highest BCUT2D eigenvalue weighted by atomic mass is 16.4. The summed E-state index contributed by atoms with van der Waals surface area (Å²) < 4.78 is 0. The van der Waals surface area contributed by atoms with Crippen molar-refractivity contribution in [1.29, 1.82) is 0 Å². The van der Waals surface area contributed by atoms with Crippen LogP contribution in [-0.2, 0) is 10.4 Å². The van der Waals surface area contributed by atoms with Crippen molar-refractivity contribution in [1.82, 2.24) is 0 Å². The van der Waals surface area contributed by atoms with E-state index in [1.54, 1.807) is 6.92 Å². The second-order valence-corrected chi connectivity index (χ2v) is 4.94. The molecule has 1 atom stereocenters. The minimum atomic E-state index is -1.08. The van der Waals surface area contributed by atoms with Crippen molar-refractivity contribution in [3.05, 3.63) is 35.4 Å². The van der Waals surface area contributed by atoms with Gasteiger partial charge in [0, 0.05) is 6.42 Å². The van der Waals surface area contributed by atoms with Crippen molar-refractivity contribution in [2.24, 2.45) is 0 Å². The Bertz CT molecular complexity index is 377.